The Bertz CT molecular complexity index is 1090. The molecule has 3 aromatic carbocycles. The molecule has 0 aromatic heterocycles. The van der Waals surface area contributed by atoms with Crippen molar-refractivity contribution in [2.75, 3.05) is 0 Å². The summed E-state index contributed by atoms with van der Waals surface area (Å²) in [7, 11) is 0. The van der Waals surface area contributed by atoms with Crippen LogP contribution < -0.4 is 5.32 Å². The largest absolute Gasteiger partial charge is 0.352 e. The quantitative estimate of drug-likeness (QED) is 0.371. The third-order valence-electron chi connectivity index (χ3n) is 7.23. The van der Waals surface area contributed by atoms with Gasteiger partial charge in [-0.1, -0.05) is 105 Å². The molecule has 4 heteroatoms. The highest BCUT2D eigenvalue weighted by atomic mass is 16.2. The maximum Gasteiger partial charge on any atom is 0.243 e. The van der Waals surface area contributed by atoms with E-state index in [1.807, 2.05) is 65.6 Å². The lowest BCUT2D eigenvalue weighted by atomic mass is 10.0. The summed E-state index contributed by atoms with van der Waals surface area (Å²) in [5, 5.41) is 3.27. The fourth-order valence-electron chi connectivity index (χ4n) is 5.04. The lowest BCUT2D eigenvalue weighted by Gasteiger charge is -2.32. The van der Waals surface area contributed by atoms with E-state index in [0.717, 1.165) is 48.8 Å². The molecule has 1 atom stereocenters. The molecule has 0 heterocycles. The van der Waals surface area contributed by atoms with Gasteiger partial charge in [-0.15, -0.1) is 0 Å². The third-order valence-corrected chi connectivity index (χ3v) is 7.23. The Balaban J connectivity index is 1.57. The lowest BCUT2D eigenvalue weighted by Crippen LogP contribution is -2.52. The zero-order valence-corrected chi connectivity index (χ0v) is 21.4. The Morgan fingerprint density at radius 3 is 2.00 bits per heavy atom. The second-order valence-electron chi connectivity index (χ2n) is 9.87. The maximum absolute atomic E-state index is 13.8. The number of carbonyl (C=O) groups is 2. The number of benzene rings is 3. The minimum atomic E-state index is -0.553. The molecular formula is C32H38N2O2. The van der Waals surface area contributed by atoms with Gasteiger partial charge in [0.2, 0.25) is 11.8 Å². The third kappa shape index (κ3) is 7.30. The number of aryl methyl sites for hydroxylation is 2. The van der Waals surface area contributed by atoms with E-state index >= 15 is 0 Å². The molecular weight excluding hydrogens is 444 g/mol. The first kappa shape index (κ1) is 25.7. The molecule has 4 rings (SSSR count). The van der Waals surface area contributed by atoms with Crippen LogP contribution in [0.2, 0.25) is 0 Å². The Kier molecular flexibility index (Phi) is 9.32. The second kappa shape index (κ2) is 13.1. The number of hydrogen-bond acceptors (Lipinski definition) is 2. The van der Waals surface area contributed by atoms with Gasteiger partial charge in [-0.2, -0.15) is 0 Å². The van der Waals surface area contributed by atoms with Gasteiger partial charge in [0.15, 0.2) is 0 Å². The van der Waals surface area contributed by atoms with Gasteiger partial charge in [0, 0.05) is 25.4 Å². The minimum Gasteiger partial charge on any atom is -0.352 e. The van der Waals surface area contributed by atoms with Crippen molar-refractivity contribution < 1.29 is 9.59 Å². The Labute approximate surface area is 215 Å². The molecule has 0 bridgehead atoms. The minimum absolute atomic E-state index is 0.0147. The molecule has 4 nitrogen and oxygen atoms in total. The number of rotatable bonds is 11. The van der Waals surface area contributed by atoms with E-state index in [1.165, 1.54) is 5.56 Å². The van der Waals surface area contributed by atoms with Gasteiger partial charge < -0.3 is 10.2 Å². The van der Waals surface area contributed by atoms with Crippen molar-refractivity contribution in [2.24, 2.45) is 0 Å². The van der Waals surface area contributed by atoms with E-state index in [1.54, 1.807) is 0 Å². The highest BCUT2D eigenvalue weighted by Crippen LogP contribution is 2.21. The number of carbonyl (C=O) groups excluding carboxylic acids is 2. The average Bonchev–Trinajstić information content (AvgIpc) is 3.43. The van der Waals surface area contributed by atoms with Crippen molar-refractivity contribution in [3.63, 3.8) is 0 Å². The number of amides is 2. The molecule has 188 valence electrons. The predicted octanol–water partition coefficient (Wildman–Crippen LogP) is 5.88. The van der Waals surface area contributed by atoms with Gasteiger partial charge in [0.05, 0.1) is 0 Å². The average molecular weight is 483 g/mol. The van der Waals surface area contributed by atoms with E-state index in [0.29, 0.717) is 25.8 Å². The first-order chi connectivity index (χ1) is 17.6. The smallest absolute Gasteiger partial charge is 0.243 e. The summed E-state index contributed by atoms with van der Waals surface area (Å²) >= 11 is 0. The van der Waals surface area contributed by atoms with Gasteiger partial charge >= 0.3 is 0 Å². The van der Waals surface area contributed by atoms with E-state index in [-0.39, 0.29) is 17.9 Å². The highest BCUT2D eigenvalue weighted by Gasteiger charge is 2.31. The summed E-state index contributed by atoms with van der Waals surface area (Å²) < 4.78 is 0. The van der Waals surface area contributed by atoms with Crippen LogP contribution in [0.15, 0.2) is 84.9 Å². The summed E-state index contributed by atoms with van der Waals surface area (Å²) in [4.78, 5) is 29.3. The van der Waals surface area contributed by atoms with Crippen LogP contribution in [0.4, 0.5) is 0 Å². The lowest BCUT2D eigenvalue weighted by molar-refractivity contribution is -0.141. The summed E-state index contributed by atoms with van der Waals surface area (Å²) in [5.41, 5.74) is 4.53. The molecule has 0 saturated heterocycles. The Hall–Kier alpha value is -3.40. The molecule has 0 spiro atoms. The van der Waals surface area contributed by atoms with Crippen molar-refractivity contribution in [1.82, 2.24) is 10.2 Å². The van der Waals surface area contributed by atoms with Crippen molar-refractivity contribution in [3.05, 3.63) is 107 Å². The molecule has 1 saturated carbocycles. The molecule has 1 N–H and O–H groups in total. The van der Waals surface area contributed by atoms with Gasteiger partial charge in [-0.25, -0.2) is 0 Å². The molecule has 1 aliphatic carbocycles. The fourth-order valence-corrected chi connectivity index (χ4v) is 5.04. The van der Waals surface area contributed by atoms with Crippen molar-refractivity contribution in [1.29, 1.82) is 0 Å². The zero-order chi connectivity index (χ0) is 25.2. The van der Waals surface area contributed by atoms with Crippen LogP contribution >= 0.6 is 0 Å². The summed E-state index contributed by atoms with van der Waals surface area (Å²) in [5.74, 6) is -0.0248. The maximum atomic E-state index is 13.8. The first-order valence-electron chi connectivity index (χ1n) is 13.4. The summed E-state index contributed by atoms with van der Waals surface area (Å²) in [6, 6.07) is 28.2. The standard InChI is InChI=1S/C32H38N2O2/c1-2-25-17-19-26(20-18-25)21-22-31(35)34(24-28-13-7-4-8-14-28)30(23-27-11-5-3-6-12-27)32(36)33-29-15-9-10-16-29/h3-8,11-14,17-20,29-30H,2,9-10,15-16,21-24H2,1H3,(H,33,36). The molecule has 36 heavy (non-hydrogen) atoms. The van der Waals surface area contributed by atoms with Crippen molar-refractivity contribution >= 4 is 11.8 Å². The van der Waals surface area contributed by atoms with Gasteiger partial charge in [-0.3, -0.25) is 9.59 Å². The van der Waals surface area contributed by atoms with Crippen LogP contribution in [-0.4, -0.2) is 28.8 Å². The highest BCUT2D eigenvalue weighted by molar-refractivity contribution is 5.88. The number of nitrogens with zero attached hydrogens (tertiary/aromatic N) is 1. The van der Waals surface area contributed by atoms with E-state index in [2.05, 4.69) is 36.5 Å². The molecule has 1 aliphatic rings. The second-order valence-corrected chi connectivity index (χ2v) is 9.87. The topological polar surface area (TPSA) is 49.4 Å². The first-order valence-corrected chi connectivity index (χ1v) is 13.4. The molecule has 0 radical (unpaired) electrons. The summed E-state index contributed by atoms with van der Waals surface area (Å²) in [6.45, 7) is 2.56. The van der Waals surface area contributed by atoms with E-state index in [4.69, 9.17) is 0 Å². The SMILES string of the molecule is CCc1ccc(CCC(=O)N(Cc2ccccc2)C(Cc2ccccc2)C(=O)NC2CCCC2)cc1. The number of hydrogen-bond donors (Lipinski definition) is 1. The molecule has 1 fully saturated rings. The van der Waals surface area contributed by atoms with Crippen LogP contribution in [0.1, 0.15) is 61.3 Å². The fraction of sp³-hybridized carbons (Fsp3) is 0.375. The van der Waals surface area contributed by atoms with Crippen LogP contribution in [0.3, 0.4) is 0 Å². The van der Waals surface area contributed by atoms with Gasteiger partial charge in [0.1, 0.15) is 6.04 Å². The molecule has 3 aromatic rings. The predicted molar refractivity (Wildman–Crippen MR) is 145 cm³/mol. The monoisotopic (exact) mass is 482 g/mol. The Morgan fingerprint density at radius 1 is 0.806 bits per heavy atom. The van der Waals surface area contributed by atoms with Gasteiger partial charge in [-0.05, 0) is 47.9 Å². The van der Waals surface area contributed by atoms with Crippen LogP contribution in [0.5, 0.6) is 0 Å². The Morgan fingerprint density at radius 2 is 1.39 bits per heavy atom. The van der Waals surface area contributed by atoms with Crippen LogP contribution in [0.25, 0.3) is 0 Å². The summed E-state index contributed by atoms with van der Waals surface area (Å²) in [6.07, 6.45) is 6.88. The molecule has 0 aliphatic heterocycles. The van der Waals surface area contributed by atoms with Crippen LogP contribution in [0, 0.1) is 0 Å². The van der Waals surface area contributed by atoms with E-state index in [9.17, 15) is 9.59 Å². The molecule has 1 unspecified atom stereocenters. The van der Waals surface area contributed by atoms with Crippen molar-refractivity contribution in [3.8, 4) is 0 Å². The normalized spacial score (nSPS) is 14.4. The van der Waals surface area contributed by atoms with Gasteiger partial charge in [0.25, 0.3) is 0 Å². The number of nitrogens with one attached hydrogen (secondary N) is 1. The van der Waals surface area contributed by atoms with E-state index < -0.39 is 6.04 Å². The van der Waals surface area contributed by atoms with Crippen LogP contribution in [-0.2, 0) is 35.4 Å². The van der Waals surface area contributed by atoms with Crippen molar-refractivity contribution in [2.45, 2.75) is 76.9 Å². The zero-order valence-electron chi connectivity index (χ0n) is 21.4. The molecule has 2 amide bonds.